The van der Waals surface area contributed by atoms with Gasteiger partial charge in [0, 0.05) is 6.07 Å². The predicted octanol–water partition coefficient (Wildman–Crippen LogP) is 1.34. The maximum absolute atomic E-state index is 13.2. The Kier molecular flexibility index (Phi) is 3.18. The Morgan fingerprint density at radius 2 is 2.23 bits per heavy atom. The van der Waals surface area contributed by atoms with E-state index in [2.05, 4.69) is 9.88 Å². The third kappa shape index (κ3) is 2.29. The Morgan fingerprint density at radius 1 is 1.32 bits per heavy atom. The van der Waals surface area contributed by atoms with Gasteiger partial charge in [-0.2, -0.15) is 4.98 Å². The van der Waals surface area contributed by atoms with Crippen LogP contribution in [0.15, 0.2) is 35.1 Å². The van der Waals surface area contributed by atoms with Gasteiger partial charge in [0.15, 0.2) is 0 Å². The average molecular weight is 301 g/mol. The summed E-state index contributed by atoms with van der Waals surface area (Å²) in [4.78, 5) is 18.4. The van der Waals surface area contributed by atoms with Crippen molar-refractivity contribution in [3.05, 3.63) is 57.9 Å². The van der Waals surface area contributed by atoms with Gasteiger partial charge in [0.25, 0.3) is 0 Å². The molecule has 1 atom stereocenters. The van der Waals surface area contributed by atoms with E-state index in [1.807, 2.05) is 12.1 Å². The first kappa shape index (κ1) is 13.5. The van der Waals surface area contributed by atoms with Gasteiger partial charge in [0.2, 0.25) is 0 Å². The standard InChI is InChI=1S/C16H16FN3O2/c17-12-3-1-2-11(6-12)4-5-13-7-15-19(16(21)18-13)8-14-9-22-10-20(14)15/h1-3,6-7,14H,4-5,8-10H2. The fourth-order valence-corrected chi connectivity index (χ4v) is 3.14. The minimum absolute atomic E-state index is 0.207. The number of benzene rings is 1. The summed E-state index contributed by atoms with van der Waals surface area (Å²) in [6, 6.07) is 8.72. The van der Waals surface area contributed by atoms with E-state index in [1.165, 1.54) is 12.1 Å². The zero-order valence-electron chi connectivity index (χ0n) is 12.0. The molecular formula is C16H16FN3O2. The Morgan fingerprint density at radius 3 is 3.09 bits per heavy atom. The molecule has 0 radical (unpaired) electrons. The van der Waals surface area contributed by atoms with Crippen LogP contribution in [0.5, 0.6) is 0 Å². The van der Waals surface area contributed by atoms with Crippen molar-refractivity contribution in [2.45, 2.75) is 25.4 Å². The molecule has 0 aliphatic carbocycles. The molecule has 1 fully saturated rings. The summed E-state index contributed by atoms with van der Waals surface area (Å²) in [6.07, 6.45) is 1.28. The fourth-order valence-electron chi connectivity index (χ4n) is 3.14. The summed E-state index contributed by atoms with van der Waals surface area (Å²) in [5, 5.41) is 0. The van der Waals surface area contributed by atoms with Crippen molar-refractivity contribution in [1.29, 1.82) is 0 Å². The molecule has 0 N–H and O–H groups in total. The highest BCUT2D eigenvalue weighted by Crippen LogP contribution is 2.28. The molecule has 0 saturated carbocycles. The van der Waals surface area contributed by atoms with Gasteiger partial charge in [0.1, 0.15) is 18.4 Å². The lowest BCUT2D eigenvalue weighted by Gasteiger charge is -2.15. The van der Waals surface area contributed by atoms with Crippen LogP contribution >= 0.6 is 0 Å². The third-order valence-corrected chi connectivity index (χ3v) is 4.27. The van der Waals surface area contributed by atoms with Crippen molar-refractivity contribution < 1.29 is 9.13 Å². The smallest absolute Gasteiger partial charge is 0.349 e. The maximum atomic E-state index is 13.2. The van der Waals surface area contributed by atoms with E-state index < -0.39 is 0 Å². The molecular weight excluding hydrogens is 285 g/mol. The zero-order chi connectivity index (χ0) is 15.1. The molecule has 2 aromatic rings. The molecule has 0 spiro atoms. The van der Waals surface area contributed by atoms with Gasteiger partial charge in [-0.1, -0.05) is 12.1 Å². The second-order valence-corrected chi connectivity index (χ2v) is 5.75. The summed E-state index contributed by atoms with van der Waals surface area (Å²) in [5.41, 5.74) is 1.44. The van der Waals surface area contributed by atoms with Crippen molar-refractivity contribution in [3.63, 3.8) is 0 Å². The topological polar surface area (TPSA) is 47.4 Å². The molecule has 0 amide bonds. The van der Waals surface area contributed by atoms with Gasteiger partial charge < -0.3 is 9.64 Å². The van der Waals surface area contributed by atoms with Crippen molar-refractivity contribution in [3.8, 4) is 0 Å². The Balaban J connectivity index is 1.57. The van der Waals surface area contributed by atoms with E-state index >= 15 is 0 Å². The second-order valence-electron chi connectivity index (χ2n) is 5.75. The number of halogens is 1. The number of anilines is 1. The maximum Gasteiger partial charge on any atom is 0.349 e. The quantitative estimate of drug-likeness (QED) is 0.858. The first-order chi connectivity index (χ1) is 10.7. The highest BCUT2D eigenvalue weighted by Gasteiger charge is 2.34. The van der Waals surface area contributed by atoms with E-state index in [0.717, 1.165) is 17.1 Å². The molecule has 1 aromatic carbocycles. The number of nitrogens with zero attached hydrogens (tertiary/aromatic N) is 3. The van der Waals surface area contributed by atoms with E-state index in [-0.39, 0.29) is 17.5 Å². The minimum atomic E-state index is -0.239. The van der Waals surface area contributed by atoms with Crippen LogP contribution in [0.3, 0.4) is 0 Å². The second kappa shape index (κ2) is 5.21. The summed E-state index contributed by atoms with van der Waals surface area (Å²) in [6.45, 7) is 1.82. The lowest BCUT2D eigenvalue weighted by atomic mass is 10.1. The van der Waals surface area contributed by atoms with Gasteiger partial charge >= 0.3 is 5.69 Å². The van der Waals surface area contributed by atoms with Gasteiger partial charge in [-0.25, -0.2) is 9.18 Å². The largest absolute Gasteiger partial charge is 0.359 e. The highest BCUT2D eigenvalue weighted by molar-refractivity contribution is 5.46. The molecule has 1 unspecified atom stereocenters. The number of hydrogen-bond donors (Lipinski definition) is 0. The number of aryl methyl sites for hydroxylation is 2. The molecule has 1 aromatic heterocycles. The summed E-state index contributed by atoms with van der Waals surface area (Å²) < 4.78 is 20.3. The van der Waals surface area contributed by atoms with E-state index in [4.69, 9.17) is 4.74 Å². The average Bonchev–Trinajstić information content (AvgIpc) is 3.07. The third-order valence-electron chi connectivity index (χ3n) is 4.27. The molecule has 4 rings (SSSR count). The molecule has 2 aliphatic rings. The zero-order valence-corrected chi connectivity index (χ0v) is 12.0. The molecule has 6 heteroatoms. The number of rotatable bonds is 3. The Hall–Kier alpha value is -2.21. The fraction of sp³-hybridized carbons (Fsp3) is 0.375. The predicted molar refractivity (Wildman–Crippen MR) is 79.4 cm³/mol. The van der Waals surface area contributed by atoms with E-state index in [0.29, 0.717) is 32.7 Å². The normalized spacial score (nSPS) is 19.3. The summed E-state index contributed by atoms with van der Waals surface area (Å²) in [7, 11) is 0. The van der Waals surface area contributed by atoms with Gasteiger partial charge in [-0.3, -0.25) is 4.57 Å². The summed E-state index contributed by atoms with van der Waals surface area (Å²) in [5.74, 6) is 0.647. The van der Waals surface area contributed by atoms with Crippen LogP contribution in [0.2, 0.25) is 0 Å². The number of ether oxygens (including phenoxy) is 1. The number of hydrogen-bond acceptors (Lipinski definition) is 4. The van der Waals surface area contributed by atoms with Crippen molar-refractivity contribution >= 4 is 5.82 Å². The molecule has 114 valence electrons. The van der Waals surface area contributed by atoms with Crippen LogP contribution in [0, 0.1) is 5.82 Å². The SMILES string of the molecule is O=c1nc(CCc2cccc(F)c2)cc2n1CC1COCN21. The van der Waals surface area contributed by atoms with Crippen molar-refractivity contribution in [1.82, 2.24) is 9.55 Å². The van der Waals surface area contributed by atoms with Gasteiger partial charge in [-0.15, -0.1) is 0 Å². The number of fused-ring (bicyclic) bond motifs is 3. The molecule has 22 heavy (non-hydrogen) atoms. The molecule has 0 bridgehead atoms. The molecule has 1 saturated heterocycles. The Bertz CT molecular complexity index is 774. The lowest BCUT2D eigenvalue weighted by Crippen LogP contribution is -2.26. The summed E-state index contributed by atoms with van der Waals surface area (Å²) >= 11 is 0. The van der Waals surface area contributed by atoms with Gasteiger partial charge in [-0.05, 0) is 30.5 Å². The minimum Gasteiger partial charge on any atom is -0.359 e. The first-order valence-electron chi connectivity index (χ1n) is 7.40. The van der Waals surface area contributed by atoms with Crippen LogP contribution < -0.4 is 10.6 Å². The molecule has 5 nitrogen and oxygen atoms in total. The van der Waals surface area contributed by atoms with Crippen LogP contribution in [-0.2, 0) is 24.1 Å². The van der Waals surface area contributed by atoms with Crippen LogP contribution in [-0.4, -0.2) is 28.9 Å². The van der Waals surface area contributed by atoms with E-state index in [1.54, 1.807) is 10.6 Å². The van der Waals surface area contributed by atoms with Gasteiger partial charge in [0.05, 0.1) is 24.9 Å². The lowest BCUT2D eigenvalue weighted by molar-refractivity contribution is 0.189. The van der Waals surface area contributed by atoms with E-state index in [9.17, 15) is 9.18 Å². The van der Waals surface area contributed by atoms with Crippen LogP contribution in [0.4, 0.5) is 10.2 Å². The van der Waals surface area contributed by atoms with Crippen molar-refractivity contribution in [2.24, 2.45) is 0 Å². The van der Waals surface area contributed by atoms with Crippen LogP contribution in [0.1, 0.15) is 11.3 Å². The highest BCUT2D eigenvalue weighted by atomic mass is 19.1. The number of aromatic nitrogens is 2. The molecule has 3 heterocycles. The Labute approximate surface area is 127 Å². The van der Waals surface area contributed by atoms with Crippen LogP contribution in [0.25, 0.3) is 0 Å². The first-order valence-corrected chi connectivity index (χ1v) is 7.40. The monoisotopic (exact) mass is 301 g/mol. The molecule has 2 aliphatic heterocycles. The van der Waals surface area contributed by atoms with Crippen molar-refractivity contribution in [2.75, 3.05) is 18.2 Å².